The zero-order valence-electron chi connectivity index (χ0n) is 13.6. The van der Waals surface area contributed by atoms with Crippen molar-refractivity contribution in [3.8, 4) is 5.69 Å². The molecule has 124 valence electrons. The average Bonchev–Trinajstić information content (AvgIpc) is 2.97. The number of aliphatic hydroxyl groups excluding tert-OH is 1. The number of amides is 1. The van der Waals surface area contributed by atoms with Crippen molar-refractivity contribution in [2.45, 2.75) is 26.0 Å². The van der Waals surface area contributed by atoms with E-state index in [0.717, 1.165) is 22.2 Å². The van der Waals surface area contributed by atoms with Gasteiger partial charge in [-0.1, -0.05) is 12.1 Å². The number of rotatable bonds is 4. The highest BCUT2D eigenvalue weighted by atomic mass is 16.3. The van der Waals surface area contributed by atoms with E-state index >= 15 is 0 Å². The Kier molecular flexibility index (Phi) is 4.33. The highest BCUT2D eigenvalue weighted by Gasteiger charge is 2.19. The van der Waals surface area contributed by atoms with Crippen molar-refractivity contribution >= 4 is 22.5 Å². The number of aryl methyl sites for hydroxylation is 1. The lowest BCUT2D eigenvalue weighted by atomic mass is 10.1. The Morgan fingerprint density at radius 3 is 2.79 bits per heavy atom. The third kappa shape index (κ3) is 3.15. The Labute approximate surface area is 139 Å². The van der Waals surface area contributed by atoms with Crippen molar-refractivity contribution in [1.29, 1.82) is 0 Å². The molecule has 2 unspecified atom stereocenters. The Morgan fingerprint density at radius 2 is 2.08 bits per heavy atom. The zero-order chi connectivity index (χ0) is 17.3. The van der Waals surface area contributed by atoms with Crippen LogP contribution in [0.15, 0.2) is 48.7 Å². The van der Waals surface area contributed by atoms with E-state index in [4.69, 9.17) is 5.73 Å². The summed E-state index contributed by atoms with van der Waals surface area (Å²) in [6.07, 6.45) is 0.872. The van der Waals surface area contributed by atoms with Crippen LogP contribution < -0.4 is 11.1 Å². The molecule has 0 aliphatic rings. The number of carbonyl (C=O) groups excluding carboxylic acids is 1. The summed E-state index contributed by atoms with van der Waals surface area (Å²) in [5.41, 5.74) is 9.24. The van der Waals surface area contributed by atoms with Gasteiger partial charge in [-0.15, -0.1) is 0 Å². The molecule has 0 saturated heterocycles. The first-order valence-corrected chi connectivity index (χ1v) is 7.75. The molecule has 0 radical (unpaired) electrons. The Hall–Kier alpha value is -2.70. The van der Waals surface area contributed by atoms with Gasteiger partial charge in [0.15, 0.2) is 0 Å². The van der Waals surface area contributed by atoms with Gasteiger partial charge in [0.25, 0.3) is 0 Å². The topological polar surface area (TPSA) is 93.2 Å². The molecule has 0 aliphatic carbocycles. The van der Waals surface area contributed by atoms with Gasteiger partial charge in [0.05, 0.1) is 23.5 Å². The summed E-state index contributed by atoms with van der Waals surface area (Å²) < 4.78 is 1.83. The number of nitrogens with zero attached hydrogens (tertiary/aromatic N) is 2. The van der Waals surface area contributed by atoms with E-state index in [1.807, 2.05) is 48.0 Å². The fraction of sp³-hybridized carbons (Fsp3) is 0.222. The van der Waals surface area contributed by atoms with Crippen molar-refractivity contribution in [3.63, 3.8) is 0 Å². The van der Waals surface area contributed by atoms with Crippen LogP contribution in [-0.2, 0) is 4.79 Å². The van der Waals surface area contributed by atoms with Crippen LogP contribution in [0, 0.1) is 6.92 Å². The quantitative estimate of drug-likeness (QED) is 0.684. The molecule has 1 aromatic heterocycles. The summed E-state index contributed by atoms with van der Waals surface area (Å²) in [6.45, 7) is 3.51. The minimum Gasteiger partial charge on any atom is -0.391 e. The SMILES string of the molecule is Cc1cccc(-n2ncc3ccc(NC(=O)C(N)C(C)O)cc32)c1. The van der Waals surface area contributed by atoms with Gasteiger partial charge in [-0.3, -0.25) is 4.79 Å². The zero-order valence-corrected chi connectivity index (χ0v) is 13.6. The van der Waals surface area contributed by atoms with Crippen LogP contribution in [0.5, 0.6) is 0 Å². The second-order valence-corrected chi connectivity index (χ2v) is 5.92. The highest BCUT2D eigenvalue weighted by Crippen LogP contribution is 2.22. The lowest BCUT2D eigenvalue weighted by molar-refractivity contribution is -0.119. The number of nitrogens with one attached hydrogen (secondary N) is 1. The Morgan fingerprint density at radius 1 is 1.29 bits per heavy atom. The lowest BCUT2D eigenvalue weighted by Crippen LogP contribution is -2.43. The first kappa shape index (κ1) is 16.2. The van der Waals surface area contributed by atoms with Gasteiger partial charge < -0.3 is 16.2 Å². The van der Waals surface area contributed by atoms with Crippen molar-refractivity contribution < 1.29 is 9.90 Å². The smallest absolute Gasteiger partial charge is 0.243 e. The van der Waals surface area contributed by atoms with E-state index in [1.165, 1.54) is 6.92 Å². The maximum absolute atomic E-state index is 12.0. The normalized spacial score (nSPS) is 13.7. The molecule has 0 bridgehead atoms. The second kappa shape index (κ2) is 6.43. The number of aromatic nitrogens is 2. The number of nitrogens with two attached hydrogens (primary N) is 1. The van der Waals surface area contributed by atoms with Gasteiger partial charge in [-0.25, -0.2) is 4.68 Å². The molecule has 0 spiro atoms. The van der Waals surface area contributed by atoms with E-state index in [-0.39, 0.29) is 0 Å². The largest absolute Gasteiger partial charge is 0.391 e. The summed E-state index contributed by atoms with van der Waals surface area (Å²) in [5, 5.41) is 17.6. The Bertz CT molecular complexity index is 886. The summed E-state index contributed by atoms with van der Waals surface area (Å²) >= 11 is 0. The maximum atomic E-state index is 12.0. The first-order chi connectivity index (χ1) is 11.5. The van der Waals surface area contributed by atoms with Crippen LogP contribution in [0.4, 0.5) is 5.69 Å². The predicted octanol–water partition coefficient (Wildman–Crippen LogP) is 1.98. The molecule has 0 saturated carbocycles. The number of hydrogen-bond acceptors (Lipinski definition) is 4. The van der Waals surface area contributed by atoms with Gasteiger partial charge in [0, 0.05) is 11.1 Å². The molecule has 2 atom stereocenters. The molecule has 2 aromatic carbocycles. The van der Waals surface area contributed by atoms with Gasteiger partial charge in [-0.2, -0.15) is 5.10 Å². The molecule has 6 nitrogen and oxygen atoms in total. The standard InChI is InChI=1S/C18H20N4O2/c1-11-4-3-5-15(8-11)22-16-9-14(7-6-13(16)10-20-22)21-18(24)17(19)12(2)23/h3-10,12,17,23H,19H2,1-2H3,(H,21,24). The molecular formula is C18H20N4O2. The lowest BCUT2D eigenvalue weighted by Gasteiger charge is -2.14. The van der Waals surface area contributed by atoms with E-state index in [2.05, 4.69) is 10.4 Å². The highest BCUT2D eigenvalue weighted by molar-refractivity contribution is 5.97. The van der Waals surface area contributed by atoms with Gasteiger partial charge in [0.2, 0.25) is 5.91 Å². The third-order valence-corrected chi connectivity index (χ3v) is 3.91. The van der Waals surface area contributed by atoms with Gasteiger partial charge >= 0.3 is 0 Å². The Balaban J connectivity index is 1.96. The molecule has 3 aromatic rings. The van der Waals surface area contributed by atoms with E-state index in [0.29, 0.717) is 5.69 Å². The maximum Gasteiger partial charge on any atom is 0.243 e. The first-order valence-electron chi connectivity index (χ1n) is 7.75. The van der Waals surface area contributed by atoms with Gasteiger partial charge in [0.1, 0.15) is 6.04 Å². The van der Waals surface area contributed by atoms with Crippen LogP contribution in [0.25, 0.3) is 16.6 Å². The van der Waals surface area contributed by atoms with Crippen LogP contribution in [0.2, 0.25) is 0 Å². The number of hydrogen-bond donors (Lipinski definition) is 3. The summed E-state index contributed by atoms with van der Waals surface area (Å²) in [7, 11) is 0. The minimum atomic E-state index is -0.970. The van der Waals surface area contributed by atoms with Crippen LogP contribution in [0.3, 0.4) is 0 Å². The molecule has 24 heavy (non-hydrogen) atoms. The second-order valence-electron chi connectivity index (χ2n) is 5.92. The van der Waals surface area contributed by atoms with E-state index in [9.17, 15) is 9.90 Å². The number of anilines is 1. The molecule has 1 amide bonds. The molecule has 3 rings (SSSR count). The van der Waals surface area contributed by atoms with E-state index in [1.54, 1.807) is 12.3 Å². The predicted molar refractivity (Wildman–Crippen MR) is 94.1 cm³/mol. The van der Waals surface area contributed by atoms with Crippen molar-refractivity contribution in [2.24, 2.45) is 5.73 Å². The summed E-state index contributed by atoms with van der Waals surface area (Å²) in [4.78, 5) is 12.0. The number of fused-ring (bicyclic) bond motifs is 1. The van der Waals surface area contributed by atoms with Crippen molar-refractivity contribution in [2.75, 3.05) is 5.32 Å². The number of carbonyl (C=O) groups is 1. The molecule has 6 heteroatoms. The third-order valence-electron chi connectivity index (χ3n) is 3.91. The average molecular weight is 324 g/mol. The molecule has 1 heterocycles. The van der Waals surface area contributed by atoms with Crippen molar-refractivity contribution in [1.82, 2.24) is 9.78 Å². The van der Waals surface area contributed by atoms with Crippen LogP contribution in [-0.4, -0.2) is 32.9 Å². The van der Waals surface area contributed by atoms with Crippen LogP contribution in [0.1, 0.15) is 12.5 Å². The molecule has 0 fully saturated rings. The fourth-order valence-electron chi connectivity index (χ4n) is 2.51. The minimum absolute atomic E-state index is 0.425. The molecular weight excluding hydrogens is 304 g/mol. The molecule has 4 N–H and O–H groups in total. The van der Waals surface area contributed by atoms with Gasteiger partial charge in [-0.05, 0) is 49.7 Å². The number of benzene rings is 2. The van der Waals surface area contributed by atoms with E-state index < -0.39 is 18.1 Å². The monoisotopic (exact) mass is 324 g/mol. The fourth-order valence-corrected chi connectivity index (χ4v) is 2.51. The van der Waals surface area contributed by atoms with Crippen molar-refractivity contribution in [3.05, 3.63) is 54.2 Å². The van der Waals surface area contributed by atoms with Crippen LogP contribution >= 0.6 is 0 Å². The summed E-state index contributed by atoms with van der Waals surface area (Å²) in [5.74, 6) is -0.425. The number of aliphatic hydroxyl groups is 1. The summed E-state index contributed by atoms with van der Waals surface area (Å²) in [6, 6.07) is 12.6. The molecule has 0 aliphatic heterocycles.